The third kappa shape index (κ3) is 5.16. The Morgan fingerprint density at radius 3 is 2.48 bits per heavy atom. The predicted molar refractivity (Wildman–Crippen MR) is 90.8 cm³/mol. The molecule has 23 heavy (non-hydrogen) atoms. The molecular weight excluding hydrogens is 293 g/mol. The maximum Gasteiger partial charge on any atom is 0.228 e. The lowest BCUT2D eigenvalue weighted by Gasteiger charge is -2.19. The molecule has 0 aliphatic heterocycles. The second-order valence-corrected chi connectivity index (χ2v) is 6.09. The number of nitrogens with zero attached hydrogens (tertiary/aromatic N) is 3. The van der Waals surface area contributed by atoms with Gasteiger partial charge in [0.1, 0.15) is 0 Å². The van der Waals surface area contributed by atoms with Gasteiger partial charge in [0.15, 0.2) is 11.5 Å². The highest BCUT2D eigenvalue weighted by atomic mass is 19.1. The van der Waals surface area contributed by atoms with Crippen molar-refractivity contribution in [2.45, 2.75) is 51.7 Å². The van der Waals surface area contributed by atoms with Crippen LogP contribution in [0.15, 0.2) is 30.3 Å². The third-order valence-corrected chi connectivity index (χ3v) is 3.63. The largest absolute Gasteiger partial charge is 0.368 e. The minimum atomic E-state index is -1.65. The Morgan fingerprint density at radius 2 is 1.87 bits per heavy atom. The smallest absolute Gasteiger partial charge is 0.228 e. The molecule has 1 atom stereocenters. The van der Waals surface area contributed by atoms with Gasteiger partial charge in [-0.2, -0.15) is 15.0 Å². The van der Waals surface area contributed by atoms with E-state index in [0.29, 0.717) is 5.95 Å². The van der Waals surface area contributed by atoms with Crippen molar-refractivity contribution >= 4 is 11.9 Å². The number of benzene rings is 1. The Hall–Kier alpha value is -2.24. The number of aryl methyl sites for hydroxylation is 1. The molecule has 5 nitrogen and oxygen atoms in total. The molecule has 3 N–H and O–H groups in total. The molecular formula is C17H24FN5. The Bertz CT molecular complexity index is 625. The summed E-state index contributed by atoms with van der Waals surface area (Å²) in [5.74, 6) is 0.407. The Labute approximate surface area is 136 Å². The van der Waals surface area contributed by atoms with Crippen LogP contribution in [0.3, 0.4) is 0 Å². The zero-order chi connectivity index (χ0) is 16.9. The molecule has 2 rings (SSSR count). The van der Waals surface area contributed by atoms with Crippen LogP contribution in [0.25, 0.3) is 0 Å². The van der Waals surface area contributed by atoms with Crippen molar-refractivity contribution in [2.24, 2.45) is 0 Å². The predicted octanol–water partition coefficient (Wildman–Crippen LogP) is 3.48. The van der Waals surface area contributed by atoms with E-state index >= 15 is 0 Å². The molecule has 0 aliphatic rings. The summed E-state index contributed by atoms with van der Waals surface area (Å²) in [5, 5.41) is 3.24. The van der Waals surface area contributed by atoms with Crippen molar-refractivity contribution in [3.63, 3.8) is 0 Å². The van der Waals surface area contributed by atoms with Crippen LogP contribution in [0.2, 0.25) is 0 Å². The third-order valence-electron chi connectivity index (χ3n) is 3.63. The first-order valence-electron chi connectivity index (χ1n) is 7.90. The van der Waals surface area contributed by atoms with E-state index in [9.17, 15) is 4.39 Å². The number of hydrogen-bond acceptors (Lipinski definition) is 5. The second-order valence-electron chi connectivity index (χ2n) is 6.09. The highest BCUT2D eigenvalue weighted by molar-refractivity contribution is 5.33. The summed E-state index contributed by atoms with van der Waals surface area (Å²) in [5.41, 5.74) is 5.30. The van der Waals surface area contributed by atoms with Gasteiger partial charge in [-0.1, -0.05) is 37.3 Å². The zero-order valence-corrected chi connectivity index (χ0v) is 13.9. The number of rotatable bonds is 7. The van der Waals surface area contributed by atoms with Crippen LogP contribution < -0.4 is 11.1 Å². The highest BCUT2D eigenvalue weighted by Crippen LogP contribution is 2.22. The fourth-order valence-electron chi connectivity index (χ4n) is 2.27. The first-order chi connectivity index (χ1) is 10.9. The summed E-state index contributed by atoms with van der Waals surface area (Å²) in [4.78, 5) is 12.1. The van der Waals surface area contributed by atoms with Crippen molar-refractivity contribution in [3.05, 3.63) is 41.7 Å². The minimum Gasteiger partial charge on any atom is -0.368 e. The van der Waals surface area contributed by atoms with E-state index in [1.807, 2.05) is 18.2 Å². The summed E-state index contributed by atoms with van der Waals surface area (Å²) in [6, 6.07) is 10.5. The second kappa shape index (κ2) is 7.35. The summed E-state index contributed by atoms with van der Waals surface area (Å²) in [6.45, 7) is 4.89. The zero-order valence-electron chi connectivity index (χ0n) is 13.9. The molecule has 1 aromatic heterocycles. The highest BCUT2D eigenvalue weighted by Gasteiger charge is 2.24. The van der Waals surface area contributed by atoms with Crippen molar-refractivity contribution in [1.29, 1.82) is 0 Å². The average Bonchev–Trinajstić information content (AvgIpc) is 2.51. The quantitative estimate of drug-likeness (QED) is 0.817. The van der Waals surface area contributed by atoms with E-state index in [1.165, 1.54) is 19.4 Å². The maximum absolute atomic E-state index is 14.0. The van der Waals surface area contributed by atoms with Crippen LogP contribution in [0.5, 0.6) is 0 Å². The SMILES string of the molecule is CC[C@H](CCc1ccccc1)Nc1nc(N)nc(C(C)(C)F)n1. The van der Waals surface area contributed by atoms with Crippen LogP contribution >= 0.6 is 0 Å². The Balaban J connectivity index is 2.05. The summed E-state index contributed by atoms with van der Waals surface area (Å²) >= 11 is 0. The first-order valence-corrected chi connectivity index (χ1v) is 7.90. The Morgan fingerprint density at radius 1 is 1.17 bits per heavy atom. The van der Waals surface area contributed by atoms with Crippen molar-refractivity contribution in [3.8, 4) is 0 Å². The summed E-state index contributed by atoms with van der Waals surface area (Å²) in [6.07, 6.45) is 2.79. The van der Waals surface area contributed by atoms with Gasteiger partial charge in [0.2, 0.25) is 11.9 Å². The molecule has 2 aromatic rings. The van der Waals surface area contributed by atoms with Gasteiger partial charge in [-0.3, -0.25) is 0 Å². The lowest BCUT2D eigenvalue weighted by molar-refractivity contribution is 0.206. The van der Waals surface area contributed by atoms with Crippen molar-refractivity contribution in [1.82, 2.24) is 15.0 Å². The van der Waals surface area contributed by atoms with Gasteiger partial charge in [0, 0.05) is 6.04 Å². The van der Waals surface area contributed by atoms with Gasteiger partial charge in [0.25, 0.3) is 0 Å². The van der Waals surface area contributed by atoms with Crippen LogP contribution in [-0.2, 0) is 12.1 Å². The van der Waals surface area contributed by atoms with Crippen molar-refractivity contribution in [2.75, 3.05) is 11.1 Å². The lowest BCUT2D eigenvalue weighted by atomic mass is 10.0. The van der Waals surface area contributed by atoms with Crippen LogP contribution in [-0.4, -0.2) is 21.0 Å². The molecule has 0 saturated carbocycles. The molecule has 6 heteroatoms. The molecule has 1 aromatic carbocycles. The monoisotopic (exact) mass is 317 g/mol. The van der Waals surface area contributed by atoms with Crippen molar-refractivity contribution < 1.29 is 4.39 Å². The Kier molecular flexibility index (Phi) is 5.47. The number of halogens is 1. The fourth-order valence-corrected chi connectivity index (χ4v) is 2.27. The average molecular weight is 317 g/mol. The van der Waals surface area contributed by atoms with Gasteiger partial charge < -0.3 is 11.1 Å². The number of aromatic nitrogens is 3. The van der Waals surface area contributed by atoms with Gasteiger partial charge >= 0.3 is 0 Å². The molecule has 0 spiro atoms. The molecule has 0 bridgehead atoms. The topological polar surface area (TPSA) is 76.7 Å². The van der Waals surface area contributed by atoms with E-state index < -0.39 is 5.67 Å². The van der Waals surface area contributed by atoms with Crippen LogP contribution in [0.1, 0.15) is 45.0 Å². The molecule has 0 amide bonds. The molecule has 124 valence electrons. The van der Waals surface area contributed by atoms with Gasteiger partial charge in [0.05, 0.1) is 0 Å². The standard InChI is InChI=1S/C17H24FN5/c1-4-13(11-10-12-8-6-5-7-9-12)20-16-22-14(17(2,3)18)21-15(19)23-16/h5-9,13H,4,10-11H2,1-3H3,(H3,19,20,21,22,23)/t13-/m1/s1. The number of alkyl halides is 1. The number of anilines is 2. The minimum absolute atomic E-state index is 0.0288. The van der Waals surface area contributed by atoms with Gasteiger partial charge in [-0.25, -0.2) is 4.39 Å². The van der Waals surface area contributed by atoms with E-state index in [0.717, 1.165) is 19.3 Å². The number of nitrogens with two attached hydrogens (primary N) is 1. The number of nitrogens with one attached hydrogen (secondary N) is 1. The summed E-state index contributed by atoms with van der Waals surface area (Å²) < 4.78 is 14.0. The van der Waals surface area contributed by atoms with Crippen LogP contribution in [0, 0.1) is 0 Å². The molecule has 0 radical (unpaired) electrons. The van der Waals surface area contributed by atoms with Gasteiger partial charge in [-0.15, -0.1) is 0 Å². The lowest BCUT2D eigenvalue weighted by Crippen LogP contribution is -2.24. The first kappa shape index (κ1) is 17.1. The molecule has 1 heterocycles. The van der Waals surface area contributed by atoms with E-state index in [4.69, 9.17) is 5.73 Å². The van der Waals surface area contributed by atoms with E-state index in [1.54, 1.807) is 0 Å². The summed E-state index contributed by atoms with van der Waals surface area (Å²) in [7, 11) is 0. The fraction of sp³-hybridized carbons (Fsp3) is 0.471. The normalized spacial score (nSPS) is 12.9. The molecule has 0 aliphatic carbocycles. The maximum atomic E-state index is 14.0. The molecule has 0 fully saturated rings. The molecule has 0 unspecified atom stereocenters. The van der Waals surface area contributed by atoms with Gasteiger partial charge in [-0.05, 0) is 38.7 Å². The van der Waals surface area contributed by atoms with E-state index in [2.05, 4.69) is 39.3 Å². The number of hydrogen-bond donors (Lipinski definition) is 2. The van der Waals surface area contributed by atoms with E-state index in [-0.39, 0.29) is 17.8 Å². The van der Waals surface area contributed by atoms with Crippen LogP contribution in [0.4, 0.5) is 16.3 Å². The molecule has 0 saturated heterocycles. The number of nitrogen functional groups attached to an aromatic ring is 1.